The van der Waals surface area contributed by atoms with Crippen LogP contribution in [0.5, 0.6) is 0 Å². The summed E-state index contributed by atoms with van der Waals surface area (Å²) in [6.07, 6.45) is -2.04. The number of alkyl halides is 3. The molecule has 0 bridgehead atoms. The van der Waals surface area contributed by atoms with Crippen LogP contribution in [0.4, 0.5) is 13.2 Å². The van der Waals surface area contributed by atoms with Gasteiger partial charge in [-0.25, -0.2) is 0 Å². The summed E-state index contributed by atoms with van der Waals surface area (Å²) in [4.78, 5) is 27.8. The molecule has 2 fully saturated rings. The molecule has 1 saturated heterocycles. The molecule has 0 atom stereocenters. The highest BCUT2D eigenvalue weighted by Crippen LogP contribution is 2.30. The van der Waals surface area contributed by atoms with Gasteiger partial charge in [0.05, 0.1) is 12.1 Å². The average Bonchev–Trinajstić information content (AvgIpc) is 3.45. The van der Waals surface area contributed by atoms with Crippen LogP contribution in [-0.4, -0.2) is 60.9 Å². The third kappa shape index (κ3) is 4.75. The largest absolute Gasteiger partial charge is 0.416 e. The van der Waals surface area contributed by atoms with Crippen molar-refractivity contribution in [1.82, 2.24) is 15.1 Å². The standard InChI is InChI=1S/C18H22F3N3O2/c19-18(20,21)15-3-1-2-14(10-15)17(26)24-8-6-23(7-9-24)16(25)12-22-11-13-4-5-13/h1-3,10,13,22H,4-9,11-12H2. The Morgan fingerprint density at radius 3 is 2.35 bits per heavy atom. The van der Waals surface area contributed by atoms with Crippen molar-refractivity contribution in [3.05, 3.63) is 35.4 Å². The molecule has 0 aromatic heterocycles. The van der Waals surface area contributed by atoms with Crippen molar-refractivity contribution in [2.24, 2.45) is 5.92 Å². The van der Waals surface area contributed by atoms with E-state index in [2.05, 4.69) is 5.32 Å². The first-order chi connectivity index (χ1) is 12.3. The molecule has 1 heterocycles. The summed E-state index contributed by atoms with van der Waals surface area (Å²) in [6, 6.07) is 4.45. The number of nitrogens with zero attached hydrogens (tertiary/aromatic N) is 2. The normalized spacial score (nSPS) is 18.1. The van der Waals surface area contributed by atoms with Gasteiger partial charge in [-0.1, -0.05) is 6.07 Å². The minimum atomic E-state index is -4.48. The van der Waals surface area contributed by atoms with Gasteiger partial charge in [-0.3, -0.25) is 9.59 Å². The van der Waals surface area contributed by atoms with Gasteiger partial charge < -0.3 is 15.1 Å². The maximum absolute atomic E-state index is 12.8. The van der Waals surface area contributed by atoms with Crippen LogP contribution in [0.2, 0.25) is 0 Å². The van der Waals surface area contributed by atoms with Crippen molar-refractivity contribution < 1.29 is 22.8 Å². The molecule has 2 amide bonds. The molecule has 8 heteroatoms. The van der Waals surface area contributed by atoms with Gasteiger partial charge in [0.15, 0.2) is 0 Å². The van der Waals surface area contributed by atoms with Gasteiger partial charge in [-0.05, 0) is 43.5 Å². The van der Waals surface area contributed by atoms with E-state index in [1.54, 1.807) is 4.90 Å². The first-order valence-electron chi connectivity index (χ1n) is 8.79. The van der Waals surface area contributed by atoms with Crippen LogP contribution in [0.3, 0.4) is 0 Å². The van der Waals surface area contributed by atoms with E-state index in [9.17, 15) is 22.8 Å². The van der Waals surface area contributed by atoms with Gasteiger partial charge in [0.2, 0.25) is 5.91 Å². The number of amides is 2. The van der Waals surface area contributed by atoms with Crippen LogP contribution in [0.15, 0.2) is 24.3 Å². The molecule has 2 aliphatic rings. The Morgan fingerprint density at radius 1 is 1.08 bits per heavy atom. The summed E-state index contributed by atoms with van der Waals surface area (Å²) in [5, 5.41) is 3.15. The van der Waals surface area contributed by atoms with Gasteiger partial charge >= 0.3 is 6.18 Å². The minimum absolute atomic E-state index is 0.00295. The van der Waals surface area contributed by atoms with E-state index in [1.165, 1.54) is 29.9 Å². The molecule has 3 rings (SSSR count). The van der Waals surface area contributed by atoms with Crippen LogP contribution in [0, 0.1) is 5.92 Å². The van der Waals surface area contributed by atoms with Gasteiger partial charge in [0.1, 0.15) is 0 Å². The highest BCUT2D eigenvalue weighted by atomic mass is 19.4. The van der Waals surface area contributed by atoms with Crippen molar-refractivity contribution in [3.63, 3.8) is 0 Å². The Kier molecular flexibility index (Phi) is 5.50. The highest BCUT2D eigenvalue weighted by molar-refractivity contribution is 5.94. The van der Waals surface area contributed by atoms with Crippen LogP contribution >= 0.6 is 0 Å². The number of carbonyl (C=O) groups excluding carboxylic acids is 2. The molecule has 0 unspecified atom stereocenters. The minimum Gasteiger partial charge on any atom is -0.338 e. The van der Waals surface area contributed by atoms with E-state index in [1.807, 2.05) is 0 Å². The Hall–Kier alpha value is -2.09. The lowest BCUT2D eigenvalue weighted by atomic mass is 10.1. The lowest BCUT2D eigenvalue weighted by Crippen LogP contribution is -2.52. The Bertz CT molecular complexity index is 666. The molecule has 5 nitrogen and oxygen atoms in total. The van der Waals surface area contributed by atoms with E-state index in [4.69, 9.17) is 0 Å². The predicted octanol–water partition coefficient (Wildman–Crippen LogP) is 1.99. The van der Waals surface area contributed by atoms with Gasteiger partial charge in [-0.2, -0.15) is 13.2 Å². The van der Waals surface area contributed by atoms with Crippen molar-refractivity contribution in [3.8, 4) is 0 Å². The number of hydrogen-bond acceptors (Lipinski definition) is 3. The van der Waals surface area contributed by atoms with Crippen molar-refractivity contribution in [1.29, 1.82) is 0 Å². The van der Waals surface area contributed by atoms with Crippen molar-refractivity contribution in [2.45, 2.75) is 19.0 Å². The molecular weight excluding hydrogens is 347 g/mol. The van der Waals surface area contributed by atoms with E-state index in [0.717, 1.165) is 18.7 Å². The number of piperazine rings is 1. The van der Waals surface area contributed by atoms with Crippen LogP contribution in [0.25, 0.3) is 0 Å². The monoisotopic (exact) mass is 369 g/mol. The first kappa shape index (κ1) is 18.7. The zero-order valence-corrected chi connectivity index (χ0v) is 14.4. The van der Waals surface area contributed by atoms with Crippen molar-refractivity contribution in [2.75, 3.05) is 39.3 Å². The second-order valence-electron chi connectivity index (χ2n) is 6.83. The average molecular weight is 369 g/mol. The lowest BCUT2D eigenvalue weighted by Gasteiger charge is -2.35. The molecule has 1 aromatic carbocycles. The lowest BCUT2D eigenvalue weighted by molar-refractivity contribution is -0.137. The molecule has 0 spiro atoms. The Morgan fingerprint density at radius 2 is 1.73 bits per heavy atom. The third-order valence-corrected chi connectivity index (χ3v) is 4.76. The summed E-state index contributed by atoms with van der Waals surface area (Å²) in [5.41, 5.74) is -0.815. The molecule has 26 heavy (non-hydrogen) atoms. The second-order valence-corrected chi connectivity index (χ2v) is 6.83. The van der Waals surface area contributed by atoms with E-state index >= 15 is 0 Å². The van der Waals surface area contributed by atoms with Crippen LogP contribution in [-0.2, 0) is 11.0 Å². The smallest absolute Gasteiger partial charge is 0.338 e. The van der Waals surface area contributed by atoms with Gasteiger partial charge in [0, 0.05) is 31.7 Å². The van der Waals surface area contributed by atoms with Gasteiger partial charge in [-0.15, -0.1) is 0 Å². The van der Waals surface area contributed by atoms with E-state index < -0.39 is 17.6 Å². The Labute approximate surface area is 150 Å². The summed E-state index contributed by atoms with van der Waals surface area (Å²) < 4.78 is 38.4. The first-order valence-corrected chi connectivity index (χ1v) is 8.79. The molecule has 0 radical (unpaired) electrons. The number of hydrogen-bond donors (Lipinski definition) is 1. The third-order valence-electron chi connectivity index (χ3n) is 4.76. The fourth-order valence-electron chi connectivity index (χ4n) is 2.99. The summed E-state index contributed by atoms with van der Waals surface area (Å²) in [7, 11) is 0. The maximum atomic E-state index is 12.8. The summed E-state index contributed by atoms with van der Waals surface area (Å²) >= 11 is 0. The molecule has 142 valence electrons. The van der Waals surface area contributed by atoms with Crippen LogP contribution in [0.1, 0.15) is 28.8 Å². The Balaban J connectivity index is 1.51. The molecular formula is C18H22F3N3O2. The fraction of sp³-hybridized carbons (Fsp3) is 0.556. The molecule has 1 aliphatic heterocycles. The van der Waals surface area contributed by atoms with E-state index in [0.29, 0.717) is 32.1 Å². The predicted molar refractivity (Wildman–Crippen MR) is 89.5 cm³/mol. The SMILES string of the molecule is O=C(CNCC1CC1)N1CCN(C(=O)c2cccc(C(F)(F)F)c2)CC1. The number of nitrogens with one attached hydrogen (secondary N) is 1. The van der Waals surface area contributed by atoms with Crippen molar-refractivity contribution >= 4 is 11.8 Å². The number of rotatable bonds is 5. The molecule has 1 N–H and O–H groups in total. The molecule has 1 aliphatic carbocycles. The highest BCUT2D eigenvalue weighted by Gasteiger charge is 2.32. The quantitative estimate of drug-likeness (QED) is 0.864. The van der Waals surface area contributed by atoms with Crippen LogP contribution < -0.4 is 5.32 Å². The fourth-order valence-corrected chi connectivity index (χ4v) is 2.99. The zero-order valence-electron chi connectivity index (χ0n) is 14.4. The van der Waals surface area contributed by atoms with Gasteiger partial charge in [0.25, 0.3) is 5.91 Å². The second kappa shape index (κ2) is 7.65. The summed E-state index contributed by atoms with van der Waals surface area (Å²) in [5.74, 6) is 0.261. The molecule has 1 saturated carbocycles. The van der Waals surface area contributed by atoms with E-state index in [-0.39, 0.29) is 18.0 Å². The summed E-state index contributed by atoms with van der Waals surface area (Å²) in [6.45, 7) is 2.59. The maximum Gasteiger partial charge on any atom is 0.416 e. The zero-order chi connectivity index (χ0) is 18.7. The topological polar surface area (TPSA) is 52.7 Å². The molecule has 1 aromatic rings. The number of carbonyl (C=O) groups is 2. The number of halogens is 3. The number of benzene rings is 1.